The zero-order chi connectivity index (χ0) is 19.5. The Bertz CT molecular complexity index is 1120. The molecule has 5 nitrogen and oxygen atoms in total. The van der Waals surface area contributed by atoms with Gasteiger partial charge in [-0.1, -0.05) is 63.8 Å². The number of fused-ring (bicyclic) bond motifs is 1. The summed E-state index contributed by atoms with van der Waals surface area (Å²) in [6.07, 6.45) is 0. The molecule has 0 radical (unpaired) electrons. The van der Waals surface area contributed by atoms with E-state index >= 15 is 0 Å². The van der Waals surface area contributed by atoms with Crippen LogP contribution < -0.4 is 11.1 Å². The molecule has 1 aromatic heterocycles. The molecule has 0 unspecified atom stereocenters. The van der Waals surface area contributed by atoms with Crippen LogP contribution in [0.25, 0.3) is 11.3 Å². The molecule has 138 valence electrons. The number of benzene rings is 2. The van der Waals surface area contributed by atoms with Crippen LogP contribution in [0.15, 0.2) is 30.3 Å². The summed E-state index contributed by atoms with van der Waals surface area (Å²) in [5, 5.41) is 15.4. The fourth-order valence-electron chi connectivity index (χ4n) is 2.96. The van der Waals surface area contributed by atoms with Crippen LogP contribution in [0.5, 0.6) is 0 Å². The van der Waals surface area contributed by atoms with Gasteiger partial charge in [-0.2, -0.15) is 0 Å². The van der Waals surface area contributed by atoms with Crippen LogP contribution in [0.1, 0.15) is 10.4 Å². The van der Waals surface area contributed by atoms with Crippen molar-refractivity contribution in [3.63, 3.8) is 0 Å². The molecule has 4 N–H and O–H groups in total. The molecule has 3 aromatic rings. The zero-order valence-corrected chi connectivity index (χ0v) is 17.0. The highest BCUT2D eigenvalue weighted by Gasteiger charge is 2.51. The molecule has 2 heterocycles. The average molecular weight is 461 g/mol. The minimum Gasteiger partial charge on any atom is -0.375 e. The number of nitrogens with zero attached hydrogens (tertiary/aromatic N) is 1. The summed E-state index contributed by atoms with van der Waals surface area (Å²) in [6, 6.07) is 7.82. The second-order valence-corrected chi connectivity index (χ2v) is 8.52. The molecule has 0 bridgehead atoms. The Labute approximate surface area is 177 Å². The molecule has 1 atom stereocenters. The van der Waals surface area contributed by atoms with Crippen LogP contribution in [0.4, 0.5) is 10.8 Å². The van der Waals surface area contributed by atoms with Gasteiger partial charge in [0.15, 0.2) is 5.13 Å². The van der Waals surface area contributed by atoms with Crippen LogP contribution in [0.3, 0.4) is 0 Å². The van der Waals surface area contributed by atoms with Gasteiger partial charge in [0.1, 0.15) is 0 Å². The van der Waals surface area contributed by atoms with Crippen LogP contribution in [-0.2, 0) is 10.4 Å². The lowest BCUT2D eigenvalue weighted by Crippen LogP contribution is -2.35. The molecular weight excluding hydrogens is 452 g/mol. The van der Waals surface area contributed by atoms with E-state index in [9.17, 15) is 9.90 Å². The van der Waals surface area contributed by atoms with E-state index in [1.807, 2.05) is 0 Å². The molecular formula is C17H9Cl4N3O2S. The van der Waals surface area contributed by atoms with Gasteiger partial charge in [-0.3, -0.25) is 4.79 Å². The van der Waals surface area contributed by atoms with Gasteiger partial charge in [-0.15, -0.1) is 0 Å². The molecule has 1 amide bonds. The Morgan fingerprint density at radius 1 is 1.07 bits per heavy atom. The summed E-state index contributed by atoms with van der Waals surface area (Å²) < 4.78 is 0. The fourth-order valence-corrected chi connectivity index (χ4v) is 4.75. The SMILES string of the molecule is Nc1nc(-c2ccc(Cl)c(Cl)c2)c([C@@]2(O)C(=O)Nc3c(Cl)cc(Cl)cc32)s1. The van der Waals surface area contributed by atoms with E-state index in [1.54, 1.807) is 18.2 Å². The molecule has 4 rings (SSSR count). The summed E-state index contributed by atoms with van der Waals surface area (Å²) in [6.45, 7) is 0. The highest BCUT2D eigenvalue weighted by atomic mass is 35.5. The number of carbonyl (C=O) groups is 1. The number of amides is 1. The summed E-state index contributed by atoms with van der Waals surface area (Å²) in [5.74, 6) is -0.674. The molecule has 0 saturated carbocycles. The van der Waals surface area contributed by atoms with Gasteiger partial charge in [0, 0.05) is 16.1 Å². The van der Waals surface area contributed by atoms with Crippen molar-refractivity contribution < 1.29 is 9.90 Å². The summed E-state index contributed by atoms with van der Waals surface area (Å²) in [7, 11) is 0. The van der Waals surface area contributed by atoms with Crippen LogP contribution in [0.2, 0.25) is 20.1 Å². The van der Waals surface area contributed by atoms with Crippen molar-refractivity contribution in [3.05, 3.63) is 60.9 Å². The minimum absolute atomic E-state index is 0.175. The number of aromatic nitrogens is 1. The number of aliphatic hydroxyl groups is 1. The van der Waals surface area contributed by atoms with Crippen LogP contribution in [0, 0.1) is 0 Å². The molecule has 1 aliphatic rings. The van der Waals surface area contributed by atoms with E-state index in [0.717, 1.165) is 11.3 Å². The molecule has 0 spiro atoms. The first-order valence-corrected chi connectivity index (χ1v) is 9.80. The van der Waals surface area contributed by atoms with Gasteiger partial charge in [-0.05, 0) is 24.3 Å². The fraction of sp³-hybridized carbons (Fsp3) is 0.0588. The van der Waals surface area contributed by atoms with Gasteiger partial charge >= 0.3 is 0 Å². The number of hydrogen-bond acceptors (Lipinski definition) is 5. The Morgan fingerprint density at radius 3 is 2.52 bits per heavy atom. The predicted molar refractivity (Wildman–Crippen MR) is 110 cm³/mol. The predicted octanol–water partition coefficient (Wildman–Crippen LogP) is 5.19. The first kappa shape index (κ1) is 18.8. The van der Waals surface area contributed by atoms with E-state index in [0.29, 0.717) is 27.0 Å². The lowest BCUT2D eigenvalue weighted by Gasteiger charge is -2.21. The molecule has 0 saturated heterocycles. The largest absolute Gasteiger partial charge is 0.375 e. The third-order valence-electron chi connectivity index (χ3n) is 4.18. The normalized spacial score (nSPS) is 18.5. The van der Waals surface area contributed by atoms with E-state index in [2.05, 4.69) is 10.3 Å². The molecule has 0 fully saturated rings. The standard InChI is InChI=1S/C17H9Cl4N3O2S/c18-7-4-8-13(11(21)5-7)23-15(25)17(8,26)14-12(24-16(22)27-14)6-1-2-9(19)10(20)3-6/h1-5,26H,(H2,22,24)(H,23,25)/t17-/m1/s1. The second kappa shape index (κ2) is 6.51. The molecule has 0 aliphatic carbocycles. The number of nitrogens with two attached hydrogens (primary N) is 1. The number of rotatable bonds is 2. The first-order valence-electron chi connectivity index (χ1n) is 7.47. The Kier molecular flexibility index (Phi) is 4.54. The third-order valence-corrected chi connectivity index (χ3v) is 6.43. The van der Waals surface area contributed by atoms with Gasteiger partial charge < -0.3 is 16.2 Å². The topological polar surface area (TPSA) is 88.2 Å². The maximum atomic E-state index is 12.8. The number of thiazole rings is 1. The van der Waals surface area contributed by atoms with Crippen molar-refractivity contribution in [2.45, 2.75) is 5.60 Å². The molecule has 27 heavy (non-hydrogen) atoms. The number of hydrogen-bond donors (Lipinski definition) is 3. The first-order chi connectivity index (χ1) is 12.7. The van der Waals surface area contributed by atoms with Crippen molar-refractivity contribution in [2.75, 3.05) is 11.1 Å². The van der Waals surface area contributed by atoms with Gasteiger partial charge in [0.25, 0.3) is 5.91 Å². The molecule has 1 aliphatic heterocycles. The van der Waals surface area contributed by atoms with Gasteiger partial charge in [-0.25, -0.2) is 4.98 Å². The summed E-state index contributed by atoms with van der Waals surface area (Å²) >= 11 is 25.3. The van der Waals surface area contributed by atoms with E-state index in [1.165, 1.54) is 12.1 Å². The Morgan fingerprint density at radius 2 is 1.81 bits per heavy atom. The number of halogens is 4. The summed E-state index contributed by atoms with van der Waals surface area (Å²) in [5.41, 5.74) is 5.23. The van der Waals surface area contributed by atoms with Crippen molar-refractivity contribution in [2.24, 2.45) is 0 Å². The average Bonchev–Trinajstić information content (AvgIpc) is 3.11. The highest BCUT2D eigenvalue weighted by Crippen LogP contribution is 2.50. The number of nitrogen functional groups attached to an aromatic ring is 1. The van der Waals surface area contributed by atoms with Crippen LogP contribution >= 0.6 is 57.7 Å². The van der Waals surface area contributed by atoms with Gasteiger partial charge in [0.05, 0.1) is 31.3 Å². The smallest absolute Gasteiger partial charge is 0.266 e. The lowest BCUT2D eigenvalue weighted by molar-refractivity contribution is -0.129. The van der Waals surface area contributed by atoms with E-state index in [4.69, 9.17) is 52.1 Å². The number of carbonyl (C=O) groups excluding carboxylic acids is 1. The highest BCUT2D eigenvalue weighted by molar-refractivity contribution is 7.16. The minimum atomic E-state index is -2.05. The number of nitrogens with one attached hydrogen (secondary N) is 1. The zero-order valence-electron chi connectivity index (χ0n) is 13.2. The summed E-state index contributed by atoms with van der Waals surface area (Å²) in [4.78, 5) is 17.3. The lowest BCUT2D eigenvalue weighted by atomic mass is 9.91. The van der Waals surface area contributed by atoms with Crippen molar-refractivity contribution in [1.82, 2.24) is 4.98 Å². The Balaban J connectivity index is 1.98. The molecule has 10 heteroatoms. The van der Waals surface area contributed by atoms with Crippen molar-refractivity contribution in [1.29, 1.82) is 0 Å². The van der Waals surface area contributed by atoms with Crippen molar-refractivity contribution in [3.8, 4) is 11.3 Å². The Hall–Kier alpha value is -1.54. The van der Waals surface area contributed by atoms with Crippen LogP contribution in [-0.4, -0.2) is 16.0 Å². The third kappa shape index (κ3) is 2.88. The van der Waals surface area contributed by atoms with Gasteiger partial charge in [0.2, 0.25) is 5.60 Å². The quantitative estimate of drug-likeness (QED) is 0.490. The monoisotopic (exact) mass is 459 g/mol. The van der Waals surface area contributed by atoms with Crippen molar-refractivity contribution >= 4 is 74.5 Å². The molecule has 2 aromatic carbocycles. The second-order valence-electron chi connectivity index (χ2n) is 5.83. The maximum absolute atomic E-state index is 12.8. The maximum Gasteiger partial charge on any atom is 0.266 e. The number of anilines is 2. The van der Waals surface area contributed by atoms with E-state index in [-0.39, 0.29) is 25.6 Å². The van der Waals surface area contributed by atoms with E-state index < -0.39 is 11.5 Å².